The number of aliphatic hydroxyl groups excluding tert-OH is 2. The highest BCUT2D eigenvalue weighted by Crippen LogP contribution is 2.60. The van der Waals surface area contributed by atoms with Gasteiger partial charge >= 0.3 is 0 Å². The average Bonchev–Trinajstić information content (AvgIpc) is 3.55. The standard InChI is InChI=1S/C34H45IN2O7/c1-43-29-12-23(18-39)11-26(35)31(29)44-28-14-25(32(41)36-6-7-38)13-27(30(28)40)37(33(42)24-4-2-3-5-24)19-34-15-20-8-21(16-34)10-22(9-20)17-34/h11-12,14,18,20-22,24,27-28,30,38,40H,2-10,13,15-17,19H2,1H3,(H,36,41)/t20?,21?,22?,27-,28+,30+,34?/m1/s1. The average molecular weight is 721 g/mol. The van der Waals surface area contributed by atoms with E-state index in [4.69, 9.17) is 9.47 Å². The molecule has 0 unspecified atom stereocenters. The van der Waals surface area contributed by atoms with Gasteiger partial charge in [-0.05, 0) is 115 Å². The first-order valence-electron chi connectivity index (χ1n) is 16.3. The zero-order chi connectivity index (χ0) is 31.0. The van der Waals surface area contributed by atoms with Crippen molar-refractivity contribution in [2.45, 2.75) is 88.9 Å². The van der Waals surface area contributed by atoms with Crippen LogP contribution >= 0.6 is 22.6 Å². The van der Waals surface area contributed by atoms with Crippen LogP contribution in [0.2, 0.25) is 0 Å². The Labute approximate surface area is 273 Å². The minimum absolute atomic E-state index is 0.0584. The van der Waals surface area contributed by atoms with E-state index >= 15 is 0 Å². The van der Waals surface area contributed by atoms with Crippen molar-refractivity contribution in [3.8, 4) is 11.5 Å². The molecule has 6 aliphatic carbocycles. The lowest BCUT2D eigenvalue weighted by Crippen LogP contribution is -2.60. The number of carbonyl (C=O) groups excluding carboxylic acids is 3. The van der Waals surface area contributed by atoms with Gasteiger partial charge in [0.05, 0.1) is 23.3 Å². The number of nitrogens with zero attached hydrogens (tertiary/aromatic N) is 1. The summed E-state index contributed by atoms with van der Waals surface area (Å²) in [5.41, 5.74) is 0.916. The van der Waals surface area contributed by atoms with Gasteiger partial charge in [0.2, 0.25) is 11.8 Å². The predicted octanol–water partition coefficient (Wildman–Crippen LogP) is 4.26. The molecule has 5 saturated carbocycles. The zero-order valence-corrected chi connectivity index (χ0v) is 27.7. The van der Waals surface area contributed by atoms with E-state index in [2.05, 4.69) is 27.9 Å². The van der Waals surface area contributed by atoms with Crippen LogP contribution in [0.4, 0.5) is 0 Å². The maximum Gasteiger partial charge on any atom is 0.247 e. The van der Waals surface area contributed by atoms with Crippen LogP contribution in [-0.4, -0.2) is 78.3 Å². The molecule has 5 fully saturated rings. The molecule has 1 aromatic carbocycles. The number of methoxy groups -OCH3 is 1. The summed E-state index contributed by atoms with van der Waals surface area (Å²) >= 11 is 2.07. The Kier molecular flexibility index (Phi) is 9.59. The summed E-state index contributed by atoms with van der Waals surface area (Å²) in [6.07, 6.45) is 11.7. The Morgan fingerprint density at radius 2 is 1.77 bits per heavy atom. The monoisotopic (exact) mass is 720 g/mol. The number of aliphatic hydroxyl groups is 2. The van der Waals surface area contributed by atoms with Gasteiger partial charge in [0, 0.05) is 36.6 Å². The molecule has 4 bridgehead atoms. The van der Waals surface area contributed by atoms with Crippen LogP contribution in [0, 0.1) is 32.7 Å². The number of amides is 2. The van der Waals surface area contributed by atoms with E-state index in [1.54, 1.807) is 18.2 Å². The van der Waals surface area contributed by atoms with E-state index in [1.807, 2.05) is 4.90 Å². The molecular weight excluding hydrogens is 675 g/mol. The van der Waals surface area contributed by atoms with Gasteiger partial charge in [-0.25, -0.2) is 0 Å². The van der Waals surface area contributed by atoms with Crippen LogP contribution in [0.25, 0.3) is 0 Å². The molecule has 1 aromatic rings. The second-order valence-electron chi connectivity index (χ2n) is 14.0. The fraction of sp³-hybridized carbons (Fsp3) is 0.676. The van der Waals surface area contributed by atoms with Crippen LogP contribution in [-0.2, 0) is 9.59 Å². The number of rotatable bonds is 11. The fourth-order valence-electron chi connectivity index (χ4n) is 9.45. The third-order valence-corrected chi connectivity index (χ3v) is 11.7. The van der Waals surface area contributed by atoms with Crippen LogP contribution in [0.1, 0.15) is 81.0 Å². The van der Waals surface area contributed by atoms with E-state index in [0.717, 1.165) is 69.0 Å². The Hall–Kier alpha value is -2.18. The molecule has 0 heterocycles. The molecule has 0 aliphatic heterocycles. The van der Waals surface area contributed by atoms with E-state index in [9.17, 15) is 24.6 Å². The fourth-order valence-corrected chi connectivity index (χ4v) is 10.2. The maximum absolute atomic E-state index is 14.4. The van der Waals surface area contributed by atoms with Crippen molar-refractivity contribution in [2.24, 2.45) is 29.1 Å². The minimum Gasteiger partial charge on any atom is -0.493 e. The highest BCUT2D eigenvalue weighted by Gasteiger charge is 2.53. The van der Waals surface area contributed by atoms with E-state index in [0.29, 0.717) is 32.8 Å². The van der Waals surface area contributed by atoms with E-state index < -0.39 is 18.2 Å². The van der Waals surface area contributed by atoms with Gasteiger partial charge in [-0.15, -0.1) is 0 Å². The number of halogens is 1. The lowest BCUT2D eigenvalue weighted by Gasteiger charge is -2.58. The summed E-state index contributed by atoms with van der Waals surface area (Å²) in [5, 5.41) is 24.2. The molecule has 3 N–H and O–H groups in total. The number of aldehydes is 1. The molecule has 0 spiro atoms. The van der Waals surface area contributed by atoms with Gasteiger partial charge in [0.15, 0.2) is 11.5 Å². The molecule has 7 rings (SSSR count). The highest BCUT2D eigenvalue weighted by atomic mass is 127. The second-order valence-corrected chi connectivity index (χ2v) is 15.2. The largest absolute Gasteiger partial charge is 0.493 e. The number of carbonyl (C=O) groups is 3. The normalized spacial score (nSPS) is 32.7. The molecule has 9 nitrogen and oxygen atoms in total. The molecule has 0 saturated heterocycles. The number of nitrogens with one attached hydrogen (secondary N) is 1. The van der Waals surface area contributed by atoms with E-state index in [1.165, 1.54) is 26.4 Å². The topological polar surface area (TPSA) is 125 Å². The van der Waals surface area contributed by atoms with E-state index in [-0.39, 0.29) is 42.7 Å². The first-order valence-corrected chi connectivity index (χ1v) is 17.4. The lowest BCUT2D eigenvalue weighted by atomic mass is 9.49. The number of hydrogen-bond donors (Lipinski definition) is 3. The Morgan fingerprint density at radius 1 is 1.11 bits per heavy atom. The molecule has 240 valence electrons. The molecule has 44 heavy (non-hydrogen) atoms. The molecule has 2 amide bonds. The quantitative estimate of drug-likeness (QED) is 0.231. The first-order chi connectivity index (χ1) is 21.2. The number of ether oxygens (including phenoxy) is 2. The Morgan fingerprint density at radius 3 is 2.36 bits per heavy atom. The van der Waals surface area contributed by atoms with Gasteiger partial charge in [-0.1, -0.05) is 12.8 Å². The number of benzene rings is 1. The van der Waals surface area contributed by atoms with Gasteiger partial charge in [0.1, 0.15) is 18.5 Å². The first kappa shape index (κ1) is 31.8. The number of hydrogen-bond acceptors (Lipinski definition) is 7. The van der Waals surface area contributed by atoms with Crippen molar-refractivity contribution in [3.05, 3.63) is 32.9 Å². The molecular formula is C34H45IN2O7. The Bertz CT molecular complexity index is 1260. The van der Waals surface area contributed by atoms with Crippen molar-refractivity contribution >= 4 is 40.7 Å². The van der Waals surface area contributed by atoms with Crippen molar-refractivity contribution in [3.63, 3.8) is 0 Å². The predicted molar refractivity (Wildman–Crippen MR) is 172 cm³/mol. The third kappa shape index (κ3) is 6.40. The highest BCUT2D eigenvalue weighted by molar-refractivity contribution is 14.1. The van der Waals surface area contributed by atoms with Crippen molar-refractivity contribution in [1.29, 1.82) is 0 Å². The molecule has 10 heteroatoms. The molecule has 0 radical (unpaired) electrons. The zero-order valence-electron chi connectivity index (χ0n) is 25.5. The van der Waals surface area contributed by atoms with Gasteiger partial charge < -0.3 is 29.9 Å². The Balaban J connectivity index is 1.35. The second kappa shape index (κ2) is 13.3. The maximum atomic E-state index is 14.4. The summed E-state index contributed by atoms with van der Waals surface area (Å²) in [6, 6.07) is 2.62. The summed E-state index contributed by atoms with van der Waals surface area (Å²) in [5.74, 6) is 2.57. The molecule has 6 aliphatic rings. The van der Waals surface area contributed by atoms with Crippen molar-refractivity contribution < 1.29 is 34.1 Å². The summed E-state index contributed by atoms with van der Waals surface area (Å²) < 4.78 is 12.6. The smallest absolute Gasteiger partial charge is 0.247 e. The van der Waals surface area contributed by atoms with Gasteiger partial charge in [-0.3, -0.25) is 14.4 Å². The van der Waals surface area contributed by atoms with Crippen LogP contribution in [0.5, 0.6) is 11.5 Å². The van der Waals surface area contributed by atoms with Crippen molar-refractivity contribution in [2.75, 3.05) is 26.8 Å². The summed E-state index contributed by atoms with van der Waals surface area (Å²) in [7, 11) is 1.49. The van der Waals surface area contributed by atoms with Crippen LogP contribution in [0.15, 0.2) is 23.8 Å². The SMILES string of the molecule is COc1cc(C=O)cc(I)c1O[C@H]1C=C(C(=O)NCCO)C[C@@H](N(CC23CC4CC(CC(C4)C2)C3)C(=O)C2CCCC2)[C@@H]1O. The lowest BCUT2D eigenvalue weighted by molar-refractivity contribution is -0.151. The molecule has 0 aromatic heterocycles. The third-order valence-electron chi connectivity index (χ3n) is 10.9. The van der Waals surface area contributed by atoms with Crippen LogP contribution < -0.4 is 14.8 Å². The summed E-state index contributed by atoms with van der Waals surface area (Å²) in [4.78, 5) is 41.2. The minimum atomic E-state index is -1.09. The van der Waals surface area contributed by atoms with Gasteiger partial charge in [-0.2, -0.15) is 0 Å². The molecule has 3 atom stereocenters. The van der Waals surface area contributed by atoms with Crippen LogP contribution in [0.3, 0.4) is 0 Å². The van der Waals surface area contributed by atoms with Gasteiger partial charge in [0.25, 0.3) is 0 Å². The summed E-state index contributed by atoms with van der Waals surface area (Å²) in [6.45, 7) is 0.522. The van der Waals surface area contributed by atoms with Crippen molar-refractivity contribution in [1.82, 2.24) is 10.2 Å².